The molecule has 0 saturated heterocycles. The Kier molecular flexibility index (Phi) is 6.91. The number of rotatable bonds is 7. The van der Waals surface area contributed by atoms with E-state index in [1.54, 1.807) is 24.3 Å². The number of aryl methyl sites for hydroxylation is 1. The molecule has 1 amide bonds. The van der Waals surface area contributed by atoms with Crippen molar-refractivity contribution < 1.29 is 18.9 Å². The molecule has 144 valence electrons. The summed E-state index contributed by atoms with van der Waals surface area (Å²) in [5.41, 5.74) is 2.40. The van der Waals surface area contributed by atoms with Gasteiger partial charge in [-0.15, -0.1) is 0 Å². The van der Waals surface area contributed by atoms with Crippen LogP contribution in [0.15, 0.2) is 48.5 Å². The maximum atomic E-state index is 12.3. The van der Waals surface area contributed by atoms with E-state index in [1.807, 2.05) is 39.0 Å². The summed E-state index contributed by atoms with van der Waals surface area (Å²) in [7, 11) is -1.01. The van der Waals surface area contributed by atoms with Gasteiger partial charge in [0.15, 0.2) is 0 Å². The van der Waals surface area contributed by atoms with Crippen molar-refractivity contribution >= 4 is 28.4 Å². The first-order valence-electron chi connectivity index (χ1n) is 8.75. The quantitative estimate of drug-likeness (QED) is 0.752. The number of carbonyl (C=O) groups excluding carboxylic acids is 1. The number of hydrogen-bond acceptors (Lipinski definition) is 3. The maximum absolute atomic E-state index is 12.3. The normalized spacial score (nSPS) is 12.4. The van der Waals surface area contributed by atoms with Gasteiger partial charge in [-0.05, 0) is 56.5 Å². The molecule has 0 aliphatic rings. The standard InChI is InChI=1S/C21H25NO4S/c1-21(2,3)27(26)14-15-7-6-9-17(13-15)22-19(23)12-11-16-8-4-5-10-18(16)20(24)25/h4-10,13H,11-12,14H2,1-3H3,(H,22,23)(H,24,25). The lowest BCUT2D eigenvalue weighted by atomic mass is 10.0. The molecule has 0 aromatic heterocycles. The van der Waals surface area contributed by atoms with Crippen LogP contribution in [0.25, 0.3) is 0 Å². The number of anilines is 1. The highest BCUT2D eigenvalue weighted by Gasteiger charge is 2.19. The average Bonchev–Trinajstić information content (AvgIpc) is 2.59. The van der Waals surface area contributed by atoms with Crippen LogP contribution in [0.1, 0.15) is 48.7 Å². The molecule has 0 radical (unpaired) electrons. The van der Waals surface area contributed by atoms with Gasteiger partial charge in [0.05, 0.1) is 5.56 Å². The molecule has 27 heavy (non-hydrogen) atoms. The zero-order valence-electron chi connectivity index (χ0n) is 15.8. The van der Waals surface area contributed by atoms with Crippen LogP contribution >= 0.6 is 0 Å². The van der Waals surface area contributed by atoms with Crippen LogP contribution < -0.4 is 5.32 Å². The molecule has 2 N–H and O–H groups in total. The number of aromatic carboxylic acids is 1. The van der Waals surface area contributed by atoms with E-state index >= 15 is 0 Å². The summed E-state index contributed by atoms with van der Waals surface area (Å²) < 4.78 is 12.0. The third kappa shape index (κ3) is 6.32. The fraction of sp³-hybridized carbons (Fsp3) is 0.333. The second kappa shape index (κ2) is 8.95. The van der Waals surface area contributed by atoms with Gasteiger partial charge in [0, 0.05) is 33.4 Å². The number of carbonyl (C=O) groups is 2. The van der Waals surface area contributed by atoms with Crippen LogP contribution in [-0.2, 0) is 27.8 Å². The SMILES string of the molecule is CC(C)(C)S(=O)Cc1cccc(NC(=O)CCc2ccccc2C(=O)O)c1. The van der Waals surface area contributed by atoms with E-state index in [0.717, 1.165) is 5.56 Å². The van der Waals surface area contributed by atoms with Gasteiger partial charge in [-0.3, -0.25) is 9.00 Å². The van der Waals surface area contributed by atoms with Crippen molar-refractivity contribution in [3.8, 4) is 0 Å². The summed E-state index contributed by atoms with van der Waals surface area (Å²) in [5, 5.41) is 12.0. The van der Waals surface area contributed by atoms with Gasteiger partial charge < -0.3 is 10.4 Å². The number of amides is 1. The highest BCUT2D eigenvalue weighted by molar-refractivity contribution is 7.85. The molecule has 2 aromatic carbocycles. The molecule has 5 nitrogen and oxygen atoms in total. The van der Waals surface area contributed by atoms with E-state index in [2.05, 4.69) is 5.32 Å². The second-order valence-corrected chi connectivity index (χ2v) is 9.52. The molecule has 1 atom stereocenters. The molecule has 0 spiro atoms. The van der Waals surface area contributed by atoms with Crippen molar-refractivity contribution in [2.75, 3.05) is 5.32 Å². The fourth-order valence-electron chi connectivity index (χ4n) is 2.53. The number of nitrogens with one attached hydrogen (secondary N) is 1. The van der Waals surface area contributed by atoms with E-state index in [-0.39, 0.29) is 22.6 Å². The topological polar surface area (TPSA) is 83.5 Å². The minimum Gasteiger partial charge on any atom is -0.478 e. The predicted molar refractivity (Wildman–Crippen MR) is 108 cm³/mol. The molecule has 0 aliphatic heterocycles. The van der Waals surface area contributed by atoms with Crippen LogP contribution in [0, 0.1) is 0 Å². The molecular weight excluding hydrogens is 362 g/mol. The van der Waals surface area contributed by atoms with Gasteiger partial charge >= 0.3 is 5.97 Å². The lowest BCUT2D eigenvalue weighted by Crippen LogP contribution is -2.23. The van der Waals surface area contributed by atoms with Crippen LogP contribution in [-0.4, -0.2) is 25.9 Å². The lowest BCUT2D eigenvalue weighted by molar-refractivity contribution is -0.116. The summed E-state index contributed by atoms with van der Waals surface area (Å²) in [6, 6.07) is 14.0. The fourth-order valence-corrected chi connectivity index (χ4v) is 3.44. The summed E-state index contributed by atoms with van der Waals surface area (Å²) in [5.74, 6) is -0.756. The Hall–Kier alpha value is -2.47. The Morgan fingerprint density at radius 1 is 1.07 bits per heavy atom. The van der Waals surface area contributed by atoms with E-state index in [9.17, 15) is 18.9 Å². The third-order valence-electron chi connectivity index (χ3n) is 4.06. The molecule has 0 fully saturated rings. The number of carboxylic acid groups (broad SMARTS) is 1. The van der Waals surface area contributed by atoms with Crippen molar-refractivity contribution in [3.63, 3.8) is 0 Å². The van der Waals surface area contributed by atoms with E-state index < -0.39 is 16.8 Å². The maximum Gasteiger partial charge on any atom is 0.335 e. The zero-order chi connectivity index (χ0) is 20.0. The van der Waals surface area contributed by atoms with Crippen LogP contribution in [0.2, 0.25) is 0 Å². The first-order valence-corrected chi connectivity index (χ1v) is 10.1. The van der Waals surface area contributed by atoms with Gasteiger partial charge in [0.2, 0.25) is 5.91 Å². The molecule has 0 aliphatic carbocycles. The summed E-state index contributed by atoms with van der Waals surface area (Å²) >= 11 is 0. The largest absolute Gasteiger partial charge is 0.478 e. The lowest BCUT2D eigenvalue weighted by Gasteiger charge is -2.18. The van der Waals surface area contributed by atoms with Crippen LogP contribution in [0.3, 0.4) is 0 Å². The second-order valence-electron chi connectivity index (χ2n) is 7.31. The van der Waals surface area contributed by atoms with Crippen molar-refractivity contribution in [3.05, 3.63) is 65.2 Å². The molecule has 0 saturated carbocycles. The summed E-state index contributed by atoms with van der Waals surface area (Å²) in [6.07, 6.45) is 0.532. The minimum atomic E-state index is -1.01. The van der Waals surface area contributed by atoms with E-state index in [1.165, 1.54) is 6.07 Å². The van der Waals surface area contributed by atoms with Crippen molar-refractivity contribution in [2.45, 2.75) is 44.1 Å². The highest BCUT2D eigenvalue weighted by Crippen LogP contribution is 2.19. The van der Waals surface area contributed by atoms with Crippen LogP contribution in [0.4, 0.5) is 5.69 Å². The van der Waals surface area contributed by atoms with Gasteiger partial charge in [-0.25, -0.2) is 4.79 Å². The first-order chi connectivity index (χ1) is 12.7. The molecule has 0 bridgehead atoms. The Labute approximate surface area is 162 Å². The van der Waals surface area contributed by atoms with Gasteiger partial charge in [-0.2, -0.15) is 0 Å². The van der Waals surface area contributed by atoms with Crippen molar-refractivity contribution in [2.24, 2.45) is 0 Å². The van der Waals surface area contributed by atoms with Gasteiger partial charge in [0.25, 0.3) is 0 Å². The Morgan fingerprint density at radius 2 is 1.78 bits per heavy atom. The zero-order valence-corrected chi connectivity index (χ0v) is 16.6. The summed E-state index contributed by atoms with van der Waals surface area (Å²) in [6.45, 7) is 5.80. The first kappa shape index (κ1) is 20.8. The number of benzene rings is 2. The van der Waals surface area contributed by atoms with Gasteiger partial charge in [0.1, 0.15) is 0 Å². The molecule has 2 rings (SSSR count). The Morgan fingerprint density at radius 3 is 2.44 bits per heavy atom. The average molecular weight is 388 g/mol. The predicted octanol–water partition coefficient (Wildman–Crippen LogP) is 4.00. The van der Waals surface area contributed by atoms with E-state index in [4.69, 9.17) is 0 Å². The highest BCUT2D eigenvalue weighted by atomic mass is 32.2. The molecular formula is C21H25NO4S. The third-order valence-corrected chi connectivity index (χ3v) is 6.02. The van der Waals surface area contributed by atoms with Crippen molar-refractivity contribution in [1.29, 1.82) is 0 Å². The van der Waals surface area contributed by atoms with Gasteiger partial charge in [-0.1, -0.05) is 30.3 Å². The minimum absolute atomic E-state index is 0.183. The van der Waals surface area contributed by atoms with Crippen LogP contribution in [0.5, 0.6) is 0 Å². The summed E-state index contributed by atoms with van der Waals surface area (Å²) in [4.78, 5) is 23.5. The van der Waals surface area contributed by atoms with Crippen molar-refractivity contribution in [1.82, 2.24) is 0 Å². The monoisotopic (exact) mass is 387 g/mol. The smallest absolute Gasteiger partial charge is 0.335 e. The number of hydrogen-bond donors (Lipinski definition) is 2. The molecule has 6 heteroatoms. The van der Waals surface area contributed by atoms with E-state index in [0.29, 0.717) is 23.4 Å². The Bertz CT molecular complexity index is 855. The number of carboxylic acids is 1. The Balaban J connectivity index is 1.98. The molecule has 0 heterocycles. The molecule has 1 unspecified atom stereocenters. The molecule has 2 aromatic rings.